The van der Waals surface area contributed by atoms with Crippen molar-refractivity contribution < 1.29 is 4.39 Å². The first-order chi connectivity index (χ1) is 11.8. The molecule has 0 aliphatic heterocycles. The van der Waals surface area contributed by atoms with Gasteiger partial charge in [0.05, 0.1) is 5.69 Å². The SMILES string of the molecule is Fc1ccccc1/C=N/c1nc([C]2[CH][CH][CH][CH]2)c(-n2cncn2)s1. The van der Waals surface area contributed by atoms with Crippen molar-refractivity contribution in [1.82, 2.24) is 19.7 Å². The van der Waals surface area contributed by atoms with Crippen LogP contribution in [0.5, 0.6) is 0 Å². The lowest BCUT2D eigenvalue weighted by Crippen LogP contribution is -2.02. The predicted molar refractivity (Wildman–Crippen MR) is 90.2 cm³/mol. The fourth-order valence-corrected chi connectivity index (χ4v) is 3.11. The highest BCUT2D eigenvalue weighted by Gasteiger charge is 2.26. The third-order valence-corrected chi connectivity index (χ3v) is 4.33. The van der Waals surface area contributed by atoms with E-state index in [0.29, 0.717) is 10.7 Å². The molecule has 5 nitrogen and oxygen atoms in total. The summed E-state index contributed by atoms with van der Waals surface area (Å²) in [4.78, 5) is 12.9. The molecule has 117 valence electrons. The van der Waals surface area contributed by atoms with E-state index >= 15 is 0 Å². The molecule has 1 saturated carbocycles. The molecule has 2 aromatic heterocycles. The Kier molecular flexibility index (Phi) is 4.17. The summed E-state index contributed by atoms with van der Waals surface area (Å²) in [6, 6.07) is 6.48. The zero-order valence-electron chi connectivity index (χ0n) is 12.4. The molecule has 1 aliphatic rings. The number of benzene rings is 1. The standard InChI is InChI=1S/C17H11FN5S/c18-14-8-4-3-7-13(14)9-20-17-22-15(12-5-1-2-6-12)16(24-17)23-11-19-10-21-23/h1-11H/b20-9+. The second-order valence-electron chi connectivity index (χ2n) is 4.94. The summed E-state index contributed by atoms with van der Waals surface area (Å²) in [5, 5.41) is 5.51. The lowest BCUT2D eigenvalue weighted by molar-refractivity contribution is 0.626. The van der Waals surface area contributed by atoms with Crippen LogP contribution in [0, 0.1) is 37.4 Å². The maximum atomic E-state index is 13.7. The minimum absolute atomic E-state index is 0.314. The Morgan fingerprint density at radius 2 is 2.00 bits per heavy atom. The third-order valence-electron chi connectivity index (χ3n) is 3.38. The lowest BCUT2D eigenvalue weighted by Gasteiger charge is -2.06. The average molecular weight is 336 g/mol. The molecule has 0 amide bonds. The van der Waals surface area contributed by atoms with E-state index < -0.39 is 0 Å². The second-order valence-corrected chi connectivity index (χ2v) is 5.90. The highest BCUT2D eigenvalue weighted by molar-refractivity contribution is 7.18. The molecule has 7 heteroatoms. The van der Waals surface area contributed by atoms with E-state index in [1.54, 1.807) is 29.2 Å². The summed E-state index contributed by atoms with van der Waals surface area (Å²) in [6.45, 7) is 0. The van der Waals surface area contributed by atoms with Gasteiger partial charge in [-0.05, 0) is 31.7 Å². The molecular formula is C17H11FN5S. The number of aliphatic imine (C=N–C) groups is 1. The van der Waals surface area contributed by atoms with Gasteiger partial charge < -0.3 is 0 Å². The van der Waals surface area contributed by atoms with Crippen molar-refractivity contribution in [2.75, 3.05) is 0 Å². The number of hydrogen-bond donors (Lipinski definition) is 0. The molecule has 2 heterocycles. The maximum Gasteiger partial charge on any atom is 0.211 e. The number of aromatic nitrogens is 4. The fourth-order valence-electron chi connectivity index (χ4n) is 2.25. The molecule has 3 aromatic rings. The summed E-state index contributed by atoms with van der Waals surface area (Å²) in [6.07, 6.45) is 12.4. The van der Waals surface area contributed by atoms with Crippen LogP contribution in [0.3, 0.4) is 0 Å². The fraction of sp³-hybridized carbons (Fsp3) is 0. The molecule has 0 unspecified atom stereocenters. The van der Waals surface area contributed by atoms with Gasteiger partial charge in [0.2, 0.25) is 5.13 Å². The van der Waals surface area contributed by atoms with Crippen LogP contribution in [0.4, 0.5) is 9.52 Å². The van der Waals surface area contributed by atoms with E-state index in [-0.39, 0.29) is 5.82 Å². The van der Waals surface area contributed by atoms with E-state index in [4.69, 9.17) is 0 Å². The van der Waals surface area contributed by atoms with Gasteiger partial charge in [0.1, 0.15) is 23.5 Å². The zero-order valence-corrected chi connectivity index (χ0v) is 13.2. The minimum atomic E-state index is -0.314. The first kappa shape index (κ1) is 15.1. The molecule has 0 atom stereocenters. The van der Waals surface area contributed by atoms with Crippen LogP contribution in [-0.4, -0.2) is 26.0 Å². The summed E-state index contributed by atoms with van der Waals surface area (Å²) in [5.74, 6) is 0.662. The van der Waals surface area contributed by atoms with E-state index in [1.165, 1.54) is 29.9 Å². The van der Waals surface area contributed by atoms with Crippen molar-refractivity contribution in [2.45, 2.75) is 0 Å². The number of halogens is 1. The van der Waals surface area contributed by atoms with Gasteiger partial charge in [0, 0.05) is 17.7 Å². The first-order valence-corrected chi connectivity index (χ1v) is 7.99. The minimum Gasteiger partial charge on any atom is -0.227 e. The van der Waals surface area contributed by atoms with Gasteiger partial charge in [0.25, 0.3) is 0 Å². The number of rotatable bonds is 4. The van der Waals surface area contributed by atoms with E-state index in [1.807, 2.05) is 25.7 Å². The van der Waals surface area contributed by atoms with Gasteiger partial charge in [-0.15, -0.1) is 0 Å². The largest absolute Gasteiger partial charge is 0.227 e. The van der Waals surface area contributed by atoms with Gasteiger partial charge in [-0.2, -0.15) is 5.10 Å². The molecule has 0 spiro atoms. The van der Waals surface area contributed by atoms with Crippen molar-refractivity contribution in [3.05, 3.63) is 85.6 Å². The van der Waals surface area contributed by atoms with Gasteiger partial charge in [-0.25, -0.2) is 24.0 Å². The van der Waals surface area contributed by atoms with Crippen LogP contribution in [-0.2, 0) is 0 Å². The van der Waals surface area contributed by atoms with Crippen LogP contribution in [0.15, 0.2) is 41.9 Å². The van der Waals surface area contributed by atoms with Crippen molar-refractivity contribution in [3.8, 4) is 5.00 Å². The Morgan fingerprint density at radius 1 is 1.17 bits per heavy atom. The van der Waals surface area contributed by atoms with Crippen LogP contribution < -0.4 is 0 Å². The Morgan fingerprint density at radius 3 is 2.75 bits per heavy atom. The van der Waals surface area contributed by atoms with E-state index in [0.717, 1.165) is 16.6 Å². The molecule has 0 bridgehead atoms. The van der Waals surface area contributed by atoms with Crippen LogP contribution in [0.1, 0.15) is 11.3 Å². The van der Waals surface area contributed by atoms with Crippen molar-refractivity contribution >= 4 is 22.7 Å². The number of thiazole rings is 1. The van der Waals surface area contributed by atoms with Crippen LogP contribution >= 0.6 is 11.3 Å². The molecule has 0 N–H and O–H groups in total. The van der Waals surface area contributed by atoms with Crippen molar-refractivity contribution in [2.24, 2.45) is 4.99 Å². The second kappa shape index (κ2) is 6.60. The summed E-state index contributed by atoms with van der Waals surface area (Å²) in [5.41, 5.74) is 1.20. The van der Waals surface area contributed by atoms with E-state index in [9.17, 15) is 4.39 Å². The predicted octanol–water partition coefficient (Wildman–Crippen LogP) is 3.37. The molecule has 24 heavy (non-hydrogen) atoms. The molecule has 0 saturated heterocycles. The number of hydrogen-bond acceptors (Lipinski definition) is 5. The van der Waals surface area contributed by atoms with E-state index in [2.05, 4.69) is 20.1 Å². The van der Waals surface area contributed by atoms with Crippen molar-refractivity contribution in [1.29, 1.82) is 0 Å². The average Bonchev–Trinajstić information content (AvgIpc) is 3.33. The van der Waals surface area contributed by atoms with Gasteiger partial charge >= 0.3 is 0 Å². The van der Waals surface area contributed by atoms with Crippen molar-refractivity contribution in [3.63, 3.8) is 0 Å². The Hall–Kier alpha value is -2.41. The Bertz CT molecular complexity index is 850. The normalized spacial score (nSPS) is 15.5. The quantitative estimate of drug-likeness (QED) is 0.687. The molecule has 1 aliphatic carbocycles. The Labute approximate surface area is 142 Å². The highest BCUT2D eigenvalue weighted by Crippen LogP contribution is 2.38. The summed E-state index contributed by atoms with van der Waals surface area (Å²) in [7, 11) is 0. The molecule has 1 fully saturated rings. The van der Waals surface area contributed by atoms with Crippen LogP contribution in [0.2, 0.25) is 0 Å². The lowest BCUT2D eigenvalue weighted by atomic mass is 10.1. The third kappa shape index (κ3) is 2.99. The summed E-state index contributed by atoms with van der Waals surface area (Å²) < 4.78 is 15.3. The first-order valence-electron chi connectivity index (χ1n) is 7.18. The summed E-state index contributed by atoms with van der Waals surface area (Å²) >= 11 is 1.37. The van der Waals surface area contributed by atoms with Crippen LogP contribution in [0.25, 0.3) is 5.00 Å². The molecule has 1 aromatic carbocycles. The highest BCUT2D eigenvalue weighted by atomic mass is 32.1. The Balaban J connectivity index is 1.69. The monoisotopic (exact) mass is 336 g/mol. The van der Waals surface area contributed by atoms with Gasteiger partial charge in [-0.3, -0.25) is 0 Å². The molecular weight excluding hydrogens is 325 g/mol. The zero-order chi connectivity index (χ0) is 16.4. The van der Waals surface area contributed by atoms with Gasteiger partial charge in [0.15, 0.2) is 0 Å². The smallest absolute Gasteiger partial charge is 0.211 e. The maximum absolute atomic E-state index is 13.7. The topological polar surface area (TPSA) is 56.0 Å². The molecule has 4 rings (SSSR count). The molecule has 5 radical (unpaired) electrons. The van der Waals surface area contributed by atoms with Gasteiger partial charge in [-0.1, -0.05) is 29.5 Å². The number of nitrogens with zero attached hydrogens (tertiary/aromatic N) is 5.